The number of carbonyl (C=O) groups is 1. The lowest BCUT2D eigenvalue weighted by Gasteiger charge is -2.36. The van der Waals surface area contributed by atoms with Crippen molar-refractivity contribution in [1.29, 1.82) is 0 Å². The van der Waals surface area contributed by atoms with Crippen LogP contribution in [0.3, 0.4) is 0 Å². The van der Waals surface area contributed by atoms with E-state index in [4.69, 9.17) is 21.3 Å². The number of aliphatic hydroxyl groups excluding tert-OH is 1. The average Bonchev–Trinajstić information content (AvgIpc) is 3.09. The maximum Gasteiger partial charge on any atom is 0.266 e. The zero-order valence-electron chi connectivity index (χ0n) is 27.9. The second kappa shape index (κ2) is 15.5. The van der Waals surface area contributed by atoms with Crippen LogP contribution in [0.1, 0.15) is 25.2 Å². The highest BCUT2D eigenvalue weighted by Crippen LogP contribution is 2.25. The molecular weight excluding hydrogens is 628 g/mol. The van der Waals surface area contributed by atoms with Crippen LogP contribution in [-0.2, 0) is 17.8 Å². The molecule has 0 aliphatic carbocycles. The lowest BCUT2D eigenvalue weighted by Crippen LogP contribution is -2.50. The number of carbonyl (C=O) groups excluding carboxylic acids is 1. The Morgan fingerprint density at radius 3 is 2.33 bits per heavy atom. The van der Waals surface area contributed by atoms with E-state index in [-0.39, 0.29) is 24.7 Å². The van der Waals surface area contributed by atoms with Gasteiger partial charge in [0.1, 0.15) is 11.6 Å². The number of nitrogens with zero attached hydrogens (tertiary/aromatic N) is 6. The number of fused-ring (bicyclic) bond motifs is 1. The zero-order valence-corrected chi connectivity index (χ0v) is 28.6. The molecule has 2 aliphatic heterocycles. The molecule has 0 radical (unpaired) electrons. The van der Waals surface area contributed by atoms with Crippen molar-refractivity contribution >= 4 is 34.1 Å². The van der Waals surface area contributed by atoms with Crippen LogP contribution in [0.25, 0.3) is 16.6 Å². The summed E-state index contributed by atoms with van der Waals surface area (Å²) in [6, 6.07) is 21.2. The quantitative estimate of drug-likeness (QED) is 0.255. The minimum Gasteiger partial charge on any atom is -0.484 e. The lowest BCUT2D eigenvalue weighted by atomic mass is 10.0. The molecule has 48 heavy (non-hydrogen) atoms. The van der Waals surface area contributed by atoms with Crippen molar-refractivity contribution in [2.75, 3.05) is 77.0 Å². The standard InChI is InChI=1S/C37H45ClN6O4/c1-27(2)23-28-5-3-4-6-34(28)44-35(25-41-15-19-43(20-16-41)36(46)26-48-31-10-7-29(38)8-11-31)39-33-12-9-30(24-32(33)37(44)47)42-17-13-40(14-18-42)21-22-45/h3-12,24,27,45H,13-23,25-26H2,1-2H3. The summed E-state index contributed by atoms with van der Waals surface area (Å²) in [5.41, 5.74) is 3.62. The molecule has 11 heteroatoms. The van der Waals surface area contributed by atoms with E-state index in [1.54, 1.807) is 24.3 Å². The molecule has 0 spiro atoms. The summed E-state index contributed by atoms with van der Waals surface area (Å²) in [5.74, 6) is 1.67. The molecule has 6 rings (SSSR count). The highest BCUT2D eigenvalue weighted by atomic mass is 35.5. The van der Waals surface area contributed by atoms with Crippen molar-refractivity contribution in [3.63, 3.8) is 0 Å². The third kappa shape index (κ3) is 8.01. The van der Waals surface area contributed by atoms with Crippen molar-refractivity contribution in [3.8, 4) is 11.4 Å². The van der Waals surface area contributed by atoms with Crippen molar-refractivity contribution in [2.45, 2.75) is 26.8 Å². The van der Waals surface area contributed by atoms with Gasteiger partial charge in [-0.05, 0) is 66.4 Å². The van der Waals surface area contributed by atoms with Gasteiger partial charge in [0.2, 0.25) is 0 Å². The van der Waals surface area contributed by atoms with E-state index in [9.17, 15) is 14.7 Å². The number of hydrogen-bond donors (Lipinski definition) is 1. The Balaban J connectivity index is 1.24. The number of ether oxygens (including phenoxy) is 1. The average molecular weight is 673 g/mol. The van der Waals surface area contributed by atoms with E-state index in [1.807, 2.05) is 39.8 Å². The van der Waals surface area contributed by atoms with Crippen molar-refractivity contribution in [3.05, 3.63) is 93.5 Å². The molecular formula is C37H45ClN6O4. The number of halogens is 1. The first-order valence-corrected chi connectivity index (χ1v) is 17.3. The summed E-state index contributed by atoms with van der Waals surface area (Å²) >= 11 is 5.96. The second-order valence-corrected chi connectivity index (χ2v) is 13.5. The monoisotopic (exact) mass is 672 g/mol. The first kappa shape index (κ1) is 33.9. The van der Waals surface area contributed by atoms with Crippen LogP contribution < -0.4 is 15.2 Å². The number of benzene rings is 3. The van der Waals surface area contributed by atoms with Crippen LogP contribution >= 0.6 is 11.6 Å². The topological polar surface area (TPSA) is 94.4 Å². The predicted molar refractivity (Wildman–Crippen MR) is 190 cm³/mol. The second-order valence-electron chi connectivity index (χ2n) is 13.0. The molecule has 0 atom stereocenters. The smallest absolute Gasteiger partial charge is 0.266 e. The zero-order chi connectivity index (χ0) is 33.6. The van der Waals surface area contributed by atoms with Crippen LogP contribution in [0.15, 0.2) is 71.5 Å². The van der Waals surface area contributed by atoms with Crippen LogP contribution in [0, 0.1) is 5.92 Å². The molecule has 1 amide bonds. The van der Waals surface area contributed by atoms with E-state index >= 15 is 0 Å². The minimum atomic E-state index is -0.0693. The van der Waals surface area contributed by atoms with Gasteiger partial charge in [-0.3, -0.25) is 24.0 Å². The number of para-hydroxylation sites is 1. The molecule has 1 aromatic heterocycles. The van der Waals surface area contributed by atoms with E-state index in [0.29, 0.717) is 72.7 Å². The van der Waals surface area contributed by atoms with Crippen LogP contribution in [0.4, 0.5) is 5.69 Å². The number of hydrogen-bond acceptors (Lipinski definition) is 8. The Kier molecular flexibility index (Phi) is 11.0. The maximum atomic E-state index is 14.5. The fourth-order valence-corrected chi connectivity index (χ4v) is 6.73. The van der Waals surface area contributed by atoms with Crippen molar-refractivity contribution in [2.24, 2.45) is 5.92 Å². The first-order chi connectivity index (χ1) is 23.3. The van der Waals surface area contributed by atoms with E-state index in [2.05, 4.69) is 40.7 Å². The van der Waals surface area contributed by atoms with Gasteiger partial charge in [0.15, 0.2) is 6.61 Å². The highest BCUT2D eigenvalue weighted by Gasteiger charge is 2.25. The Morgan fingerprint density at radius 1 is 0.917 bits per heavy atom. The maximum absolute atomic E-state index is 14.5. The molecule has 2 saturated heterocycles. The first-order valence-electron chi connectivity index (χ1n) is 16.9. The van der Waals surface area contributed by atoms with Gasteiger partial charge in [-0.2, -0.15) is 0 Å². The summed E-state index contributed by atoms with van der Waals surface area (Å²) in [6.45, 7) is 11.6. The van der Waals surface area contributed by atoms with Crippen LogP contribution in [0.5, 0.6) is 5.75 Å². The van der Waals surface area contributed by atoms with E-state index in [1.165, 1.54) is 0 Å². The van der Waals surface area contributed by atoms with Gasteiger partial charge < -0.3 is 19.6 Å². The summed E-state index contributed by atoms with van der Waals surface area (Å²) in [5, 5.41) is 10.6. The number of aromatic nitrogens is 2. The van der Waals surface area contributed by atoms with Gasteiger partial charge in [0.25, 0.3) is 11.5 Å². The van der Waals surface area contributed by atoms with Crippen LogP contribution in [0.2, 0.25) is 5.02 Å². The summed E-state index contributed by atoms with van der Waals surface area (Å²) < 4.78 is 7.51. The van der Waals surface area contributed by atoms with Gasteiger partial charge in [0, 0.05) is 69.6 Å². The Hall–Kier alpha value is -3.96. The number of rotatable bonds is 11. The SMILES string of the molecule is CC(C)Cc1ccccc1-n1c(CN2CCN(C(=O)COc3ccc(Cl)cc3)CC2)nc2ccc(N3CCN(CCO)CC3)cc2c1=O. The Labute approximate surface area is 287 Å². The fourth-order valence-electron chi connectivity index (χ4n) is 6.61. The molecule has 3 heterocycles. The molecule has 1 N–H and O–H groups in total. The van der Waals surface area contributed by atoms with Crippen molar-refractivity contribution < 1.29 is 14.6 Å². The molecule has 2 fully saturated rings. The Morgan fingerprint density at radius 2 is 1.62 bits per heavy atom. The van der Waals surface area contributed by atoms with E-state index < -0.39 is 0 Å². The molecule has 4 aromatic rings. The predicted octanol–water partition coefficient (Wildman–Crippen LogP) is 4.08. The minimum absolute atomic E-state index is 0.0274. The number of amides is 1. The van der Waals surface area contributed by atoms with Gasteiger partial charge >= 0.3 is 0 Å². The number of anilines is 1. The molecule has 0 saturated carbocycles. The third-order valence-corrected chi connectivity index (χ3v) is 9.45. The number of piperazine rings is 2. The van der Waals surface area contributed by atoms with Gasteiger partial charge in [0.05, 0.1) is 29.7 Å². The number of β-amino-alcohol motifs (C(OH)–C–C–N with tert-alkyl or cyclic N) is 1. The normalized spacial score (nSPS) is 16.2. The fraction of sp³-hybridized carbons (Fsp3) is 0.432. The van der Waals surface area contributed by atoms with Gasteiger partial charge in [-0.15, -0.1) is 0 Å². The summed E-state index contributed by atoms with van der Waals surface area (Å²) in [6.07, 6.45) is 0.844. The Bertz CT molecular complexity index is 1760. The van der Waals surface area contributed by atoms with Crippen LogP contribution in [-0.4, -0.2) is 107 Å². The summed E-state index contributed by atoms with van der Waals surface area (Å²) in [7, 11) is 0. The van der Waals surface area contributed by atoms with Gasteiger partial charge in [-0.1, -0.05) is 43.6 Å². The molecule has 254 valence electrons. The highest BCUT2D eigenvalue weighted by molar-refractivity contribution is 6.30. The summed E-state index contributed by atoms with van der Waals surface area (Å²) in [4.78, 5) is 41.2. The molecule has 2 aliphatic rings. The molecule has 0 unspecified atom stereocenters. The third-order valence-electron chi connectivity index (χ3n) is 9.20. The lowest BCUT2D eigenvalue weighted by molar-refractivity contribution is -0.135. The largest absolute Gasteiger partial charge is 0.484 e. The molecule has 10 nitrogen and oxygen atoms in total. The van der Waals surface area contributed by atoms with E-state index in [0.717, 1.165) is 49.5 Å². The molecule has 0 bridgehead atoms. The number of aliphatic hydroxyl groups is 1. The molecule has 3 aromatic carbocycles. The van der Waals surface area contributed by atoms with Gasteiger partial charge in [-0.25, -0.2) is 4.98 Å². The van der Waals surface area contributed by atoms with Crippen molar-refractivity contribution in [1.82, 2.24) is 24.3 Å².